The lowest BCUT2D eigenvalue weighted by Gasteiger charge is -2.59. The van der Waals surface area contributed by atoms with E-state index in [2.05, 4.69) is 38.8 Å². The quantitative estimate of drug-likeness (QED) is 0.230. The number of esters is 1. The summed E-state index contributed by atoms with van der Waals surface area (Å²) in [7, 11) is 5.38. The Morgan fingerprint density at radius 2 is 2.18 bits per heavy atom. The minimum absolute atomic E-state index is 0.0791. The van der Waals surface area contributed by atoms with Crippen LogP contribution in [-0.4, -0.2) is 48.5 Å². The first kappa shape index (κ1) is 22.3. The normalized spacial score (nSPS) is 28.5. The molecule has 1 unspecified atom stereocenters. The number of quaternary nitrogens is 1. The first-order valence-electron chi connectivity index (χ1n) is 10.9. The van der Waals surface area contributed by atoms with Crippen LogP contribution in [0.2, 0.25) is 0 Å². The minimum atomic E-state index is -0.770. The number of pyridine rings is 1. The summed E-state index contributed by atoms with van der Waals surface area (Å²) in [4.78, 5) is 12.6. The Morgan fingerprint density at radius 3 is 2.91 bits per heavy atom. The van der Waals surface area contributed by atoms with Gasteiger partial charge in [0, 0.05) is 43.6 Å². The molecule has 33 heavy (non-hydrogen) atoms. The standard InChI is InChI=1S/C24H26BrN3O5/c1-26-10-16-8-21-24(32-3,19-5-4-6-20(26)22(16)19)9-15(13-28(21,2)31)14-33-23(29)17-7-18(25)12-27(30)11-17/h4-7,10-12,15,21H,8-9,13-14H2,1-3H3/t15-,21-,24+,28?/m1/s1. The SMILES string of the molecule is CO[C@]12C[C@@H](COC(=O)c3cc(Br)c[n+]([O-])c3)C[N+](C)([O-])[C@@H]1Cc1cn(C)c3cccc2c13. The van der Waals surface area contributed by atoms with E-state index in [0.717, 1.165) is 16.5 Å². The molecular weight excluding hydrogens is 490 g/mol. The van der Waals surface area contributed by atoms with Gasteiger partial charge in [0.05, 0.1) is 24.7 Å². The summed E-state index contributed by atoms with van der Waals surface area (Å²) >= 11 is 3.22. The second kappa shape index (κ2) is 7.80. The molecule has 5 rings (SSSR count). The highest BCUT2D eigenvalue weighted by atomic mass is 79.9. The summed E-state index contributed by atoms with van der Waals surface area (Å²) in [5.41, 5.74) is 2.71. The van der Waals surface area contributed by atoms with Crippen LogP contribution >= 0.6 is 15.9 Å². The molecule has 1 fully saturated rings. The Bertz CT molecular complexity index is 1240. The van der Waals surface area contributed by atoms with Crippen LogP contribution in [0.1, 0.15) is 27.9 Å². The number of fused-ring (bicyclic) bond motifs is 2. The van der Waals surface area contributed by atoms with E-state index in [1.807, 2.05) is 13.1 Å². The summed E-state index contributed by atoms with van der Waals surface area (Å²) in [6.45, 7) is 0.400. The zero-order valence-corrected chi connectivity index (χ0v) is 20.4. The number of likely N-dealkylation sites (tertiary alicyclic amines) is 1. The second-order valence-electron chi connectivity index (χ2n) is 9.41. The number of aryl methyl sites for hydroxylation is 1. The third-order valence-corrected chi connectivity index (χ3v) is 7.67. The van der Waals surface area contributed by atoms with Gasteiger partial charge >= 0.3 is 5.97 Å². The molecule has 2 aromatic heterocycles. The van der Waals surface area contributed by atoms with Crippen LogP contribution in [0.4, 0.5) is 0 Å². The van der Waals surface area contributed by atoms with Gasteiger partial charge in [-0.1, -0.05) is 12.1 Å². The van der Waals surface area contributed by atoms with E-state index >= 15 is 0 Å². The van der Waals surface area contributed by atoms with Gasteiger partial charge in [0.25, 0.3) is 0 Å². The number of carbonyl (C=O) groups is 1. The maximum absolute atomic E-state index is 13.9. The van der Waals surface area contributed by atoms with Gasteiger partial charge < -0.3 is 29.1 Å². The van der Waals surface area contributed by atoms with Crippen LogP contribution in [0, 0.1) is 16.3 Å². The van der Waals surface area contributed by atoms with Gasteiger partial charge in [-0.15, -0.1) is 0 Å². The first-order valence-corrected chi connectivity index (χ1v) is 11.7. The van der Waals surface area contributed by atoms with Gasteiger partial charge in [-0.3, -0.25) is 0 Å². The largest absolute Gasteiger partial charge is 0.633 e. The topological polar surface area (TPSA) is 90.5 Å². The number of carbonyl (C=O) groups excluding carboxylic acids is 1. The van der Waals surface area contributed by atoms with Crippen molar-refractivity contribution in [2.45, 2.75) is 24.5 Å². The number of hydroxylamine groups is 3. The number of methoxy groups -OCH3 is 1. The average molecular weight is 516 g/mol. The predicted octanol–water partition coefficient (Wildman–Crippen LogP) is 3.16. The van der Waals surface area contributed by atoms with Gasteiger partial charge in [-0.25, -0.2) is 4.79 Å². The smallest absolute Gasteiger partial charge is 0.344 e. The first-order chi connectivity index (χ1) is 15.6. The lowest BCUT2D eigenvalue weighted by molar-refractivity contribution is -0.906. The molecule has 0 amide bonds. The molecule has 2 aliphatic rings. The van der Waals surface area contributed by atoms with Gasteiger partial charge in [0.2, 0.25) is 0 Å². The molecule has 0 bridgehead atoms. The molecule has 0 spiro atoms. The lowest BCUT2D eigenvalue weighted by atomic mass is 9.68. The second-order valence-corrected chi connectivity index (χ2v) is 10.3. The number of hydrogen-bond acceptors (Lipinski definition) is 5. The highest BCUT2D eigenvalue weighted by Gasteiger charge is 2.57. The number of aromatic nitrogens is 2. The van der Waals surface area contributed by atoms with Crippen LogP contribution in [0.3, 0.4) is 0 Å². The van der Waals surface area contributed by atoms with Crippen molar-refractivity contribution < 1.29 is 23.6 Å². The average Bonchev–Trinajstić information content (AvgIpc) is 3.08. The monoisotopic (exact) mass is 515 g/mol. The highest BCUT2D eigenvalue weighted by molar-refractivity contribution is 9.10. The fraction of sp³-hybridized carbons (Fsp3) is 0.417. The van der Waals surface area contributed by atoms with Gasteiger partial charge in [0.15, 0.2) is 12.4 Å². The van der Waals surface area contributed by atoms with Crippen LogP contribution in [0.5, 0.6) is 0 Å². The number of ether oxygens (including phenoxy) is 2. The third kappa shape index (κ3) is 3.54. The maximum Gasteiger partial charge on any atom is 0.344 e. The Hall–Kier alpha value is -2.46. The van der Waals surface area contributed by atoms with E-state index in [9.17, 15) is 15.2 Å². The van der Waals surface area contributed by atoms with E-state index in [1.165, 1.54) is 24.0 Å². The predicted molar refractivity (Wildman–Crippen MR) is 125 cm³/mol. The molecule has 4 atom stereocenters. The maximum atomic E-state index is 13.9. The molecule has 174 valence electrons. The molecule has 9 heteroatoms. The lowest BCUT2D eigenvalue weighted by Crippen LogP contribution is -2.67. The van der Waals surface area contributed by atoms with Crippen molar-refractivity contribution in [3.05, 3.63) is 74.4 Å². The van der Waals surface area contributed by atoms with Gasteiger partial charge in [0.1, 0.15) is 17.2 Å². The fourth-order valence-corrected chi connectivity index (χ4v) is 6.41. The van der Waals surface area contributed by atoms with E-state index in [-0.39, 0.29) is 24.1 Å². The molecule has 3 heterocycles. The Morgan fingerprint density at radius 1 is 1.39 bits per heavy atom. The zero-order valence-electron chi connectivity index (χ0n) is 18.8. The molecular formula is C24H26BrN3O5. The van der Waals surface area contributed by atoms with Crippen molar-refractivity contribution in [1.82, 2.24) is 4.57 Å². The van der Waals surface area contributed by atoms with Crippen molar-refractivity contribution in [3.8, 4) is 0 Å². The van der Waals surface area contributed by atoms with Crippen LogP contribution in [0.15, 0.2) is 47.3 Å². The van der Waals surface area contributed by atoms with E-state index < -0.39 is 16.2 Å². The van der Waals surface area contributed by atoms with Gasteiger partial charge in [-0.05, 0) is 45.6 Å². The van der Waals surface area contributed by atoms with E-state index in [1.54, 1.807) is 14.2 Å². The Kier molecular flexibility index (Phi) is 5.28. The summed E-state index contributed by atoms with van der Waals surface area (Å²) in [6.07, 6.45) is 5.80. The number of hydrogen-bond donors (Lipinski definition) is 0. The van der Waals surface area contributed by atoms with Crippen molar-refractivity contribution in [2.24, 2.45) is 13.0 Å². The van der Waals surface area contributed by atoms with Crippen molar-refractivity contribution >= 4 is 32.8 Å². The van der Waals surface area contributed by atoms with Crippen molar-refractivity contribution in [1.29, 1.82) is 0 Å². The summed E-state index contributed by atoms with van der Waals surface area (Å²) in [5, 5.41) is 26.7. The van der Waals surface area contributed by atoms with Crippen molar-refractivity contribution in [2.75, 3.05) is 27.3 Å². The summed E-state index contributed by atoms with van der Waals surface area (Å²) in [6, 6.07) is 7.40. The Balaban J connectivity index is 1.46. The molecule has 1 aliphatic heterocycles. The molecule has 3 aromatic rings. The number of piperidine rings is 1. The zero-order chi connectivity index (χ0) is 23.5. The van der Waals surface area contributed by atoms with Crippen LogP contribution in [-0.2, 0) is 28.5 Å². The van der Waals surface area contributed by atoms with Gasteiger partial charge in [-0.2, -0.15) is 4.73 Å². The molecule has 1 aliphatic carbocycles. The fourth-order valence-electron chi connectivity index (χ4n) is 5.96. The Labute approximate surface area is 200 Å². The molecule has 1 saturated heterocycles. The number of rotatable bonds is 4. The number of benzene rings is 1. The van der Waals surface area contributed by atoms with E-state index in [0.29, 0.717) is 28.6 Å². The number of nitrogens with zero attached hydrogens (tertiary/aromatic N) is 3. The molecule has 0 saturated carbocycles. The molecule has 0 N–H and O–H groups in total. The number of likely N-dealkylation sites (N-methyl/N-ethyl adjacent to an activating group) is 1. The van der Waals surface area contributed by atoms with Crippen molar-refractivity contribution in [3.63, 3.8) is 0 Å². The summed E-state index contributed by atoms with van der Waals surface area (Å²) < 4.78 is 14.4. The van der Waals surface area contributed by atoms with Crippen LogP contribution < -0.4 is 4.73 Å². The number of halogens is 1. The highest BCUT2D eigenvalue weighted by Crippen LogP contribution is 2.51. The molecule has 0 radical (unpaired) electrons. The molecule has 1 aromatic carbocycles. The third-order valence-electron chi connectivity index (χ3n) is 7.23. The minimum Gasteiger partial charge on any atom is -0.633 e. The molecule has 8 nitrogen and oxygen atoms in total. The summed E-state index contributed by atoms with van der Waals surface area (Å²) in [5.74, 6) is -0.787. The van der Waals surface area contributed by atoms with Crippen LogP contribution in [0.25, 0.3) is 10.9 Å². The van der Waals surface area contributed by atoms with E-state index in [4.69, 9.17) is 9.47 Å².